The Bertz CT molecular complexity index is 242. The fourth-order valence-electron chi connectivity index (χ4n) is 2.14. The minimum Gasteiger partial charge on any atom is -0.360 e. The fourth-order valence-corrected chi connectivity index (χ4v) is 3.49. The van der Waals surface area contributed by atoms with Crippen LogP contribution in [0.1, 0.15) is 40.0 Å². The van der Waals surface area contributed by atoms with Crippen LogP contribution in [-0.4, -0.2) is 22.5 Å². The molecule has 0 saturated heterocycles. The van der Waals surface area contributed by atoms with Crippen molar-refractivity contribution < 1.29 is 0 Å². The molecule has 1 heterocycles. The van der Waals surface area contributed by atoms with Crippen LogP contribution >= 0.6 is 11.8 Å². The molecule has 2 rings (SSSR count). The van der Waals surface area contributed by atoms with E-state index in [4.69, 9.17) is 4.99 Å². The van der Waals surface area contributed by atoms with Crippen molar-refractivity contribution in [3.8, 4) is 0 Å². The van der Waals surface area contributed by atoms with E-state index < -0.39 is 0 Å². The third-order valence-corrected chi connectivity index (χ3v) is 3.89. The van der Waals surface area contributed by atoms with Gasteiger partial charge in [-0.3, -0.25) is 4.99 Å². The van der Waals surface area contributed by atoms with Gasteiger partial charge in [-0.1, -0.05) is 18.2 Å². The molecule has 1 aliphatic heterocycles. The van der Waals surface area contributed by atoms with Crippen LogP contribution in [0.25, 0.3) is 0 Å². The lowest BCUT2D eigenvalue weighted by atomic mass is 10.1. The Morgan fingerprint density at radius 3 is 2.86 bits per heavy atom. The molecular formula is C11H20N2S. The third-order valence-electron chi connectivity index (χ3n) is 2.82. The highest BCUT2D eigenvalue weighted by molar-refractivity contribution is 8.13. The minimum absolute atomic E-state index is 0.150. The number of fused-ring (bicyclic) bond motifs is 1. The molecule has 1 saturated carbocycles. The predicted octanol–water partition coefficient (Wildman–Crippen LogP) is 2.65. The van der Waals surface area contributed by atoms with Gasteiger partial charge in [-0.15, -0.1) is 0 Å². The number of aliphatic imine (C=N–C) groups is 1. The number of amidine groups is 1. The summed E-state index contributed by atoms with van der Waals surface area (Å²) in [6, 6.07) is 0.626. The topological polar surface area (TPSA) is 24.4 Å². The van der Waals surface area contributed by atoms with Crippen LogP contribution in [0.4, 0.5) is 0 Å². The van der Waals surface area contributed by atoms with Crippen LogP contribution in [0.2, 0.25) is 0 Å². The zero-order valence-corrected chi connectivity index (χ0v) is 10.2. The van der Waals surface area contributed by atoms with Crippen LogP contribution < -0.4 is 5.32 Å². The van der Waals surface area contributed by atoms with E-state index in [0.717, 1.165) is 5.92 Å². The highest BCUT2D eigenvalue weighted by atomic mass is 32.2. The van der Waals surface area contributed by atoms with Gasteiger partial charge in [0.05, 0.1) is 6.04 Å². The Balaban J connectivity index is 2.00. The Morgan fingerprint density at radius 1 is 1.36 bits per heavy atom. The first-order chi connectivity index (χ1) is 6.54. The molecule has 14 heavy (non-hydrogen) atoms. The van der Waals surface area contributed by atoms with E-state index in [1.807, 2.05) is 11.8 Å². The van der Waals surface area contributed by atoms with E-state index in [-0.39, 0.29) is 5.54 Å². The molecular weight excluding hydrogens is 192 g/mol. The van der Waals surface area contributed by atoms with Crippen molar-refractivity contribution >= 4 is 16.9 Å². The van der Waals surface area contributed by atoms with Crippen molar-refractivity contribution in [3.63, 3.8) is 0 Å². The Kier molecular flexibility index (Phi) is 2.78. The molecule has 0 spiro atoms. The Hall–Kier alpha value is -0.180. The van der Waals surface area contributed by atoms with E-state index >= 15 is 0 Å². The average Bonchev–Trinajstić information content (AvgIpc) is 2.47. The summed E-state index contributed by atoms with van der Waals surface area (Å²) in [6.45, 7) is 6.57. The second-order valence-corrected chi connectivity index (χ2v) is 6.39. The number of hydrogen-bond donors (Lipinski definition) is 1. The molecule has 2 nitrogen and oxygen atoms in total. The lowest BCUT2D eigenvalue weighted by molar-refractivity contribution is 0.497. The maximum Gasteiger partial charge on any atom is 0.157 e. The first kappa shape index (κ1) is 10.3. The van der Waals surface area contributed by atoms with Gasteiger partial charge in [0.2, 0.25) is 0 Å². The van der Waals surface area contributed by atoms with E-state index in [1.165, 1.54) is 30.2 Å². The third kappa shape index (κ3) is 2.44. The molecule has 1 fully saturated rings. The number of rotatable bonds is 0. The summed E-state index contributed by atoms with van der Waals surface area (Å²) in [5.74, 6) is 2.14. The molecule has 2 atom stereocenters. The first-order valence-corrected chi connectivity index (χ1v) is 6.52. The van der Waals surface area contributed by atoms with Gasteiger partial charge in [-0.25, -0.2) is 0 Å². The number of thioether (sulfide) groups is 1. The van der Waals surface area contributed by atoms with Crippen LogP contribution in [0.5, 0.6) is 0 Å². The molecule has 1 N–H and O–H groups in total. The van der Waals surface area contributed by atoms with Crippen molar-refractivity contribution in [1.82, 2.24) is 5.32 Å². The van der Waals surface area contributed by atoms with E-state index in [9.17, 15) is 0 Å². The summed E-state index contributed by atoms with van der Waals surface area (Å²) in [6.07, 6.45) is 4.08. The fraction of sp³-hybridized carbons (Fsp3) is 0.909. The predicted molar refractivity (Wildman–Crippen MR) is 63.9 cm³/mol. The van der Waals surface area contributed by atoms with Gasteiger partial charge in [0.25, 0.3) is 0 Å². The van der Waals surface area contributed by atoms with Crippen molar-refractivity contribution in [2.24, 2.45) is 10.9 Å². The lowest BCUT2D eigenvalue weighted by Crippen LogP contribution is -2.41. The molecule has 0 aromatic carbocycles. The summed E-state index contributed by atoms with van der Waals surface area (Å²) in [7, 11) is 0. The second-order valence-electron chi connectivity index (χ2n) is 5.38. The molecule has 2 aliphatic rings. The van der Waals surface area contributed by atoms with Gasteiger partial charge in [0.1, 0.15) is 0 Å². The van der Waals surface area contributed by atoms with E-state index in [0.29, 0.717) is 6.04 Å². The van der Waals surface area contributed by atoms with E-state index in [1.54, 1.807) is 0 Å². The van der Waals surface area contributed by atoms with Crippen molar-refractivity contribution in [2.75, 3.05) is 5.75 Å². The van der Waals surface area contributed by atoms with Crippen molar-refractivity contribution in [1.29, 1.82) is 0 Å². The number of hydrogen-bond acceptors (Lipinski definition) is 3. The zero-order valence-electron chi connectivity index (χ0n) is 9.34. The van der Waals surface area contributed by atoms with Gasteiger partial charge in [0, 0.05) is 11.3 Å². The highest BCUT2D eigenvalue weighted by Gasteiger charge is 2.31. The number of nitrogens with zero attached hydrogens (tertiary/aromatic N) is 1. The molecule has 1 aliphatic carbocycles. The van der Waals surface area contributed by atoms with Crippen LogP contribution in [0, 0.1) is 5.92 Å². The first-order valence-electron chi connectivity index (χ1n) is 5.53. The van der Waals surface area contributed by atoms with Gasteiger partial charge >= 0.3 is 0 Å². The van der Waals surface area contributed by atoms with Crippen LogP contribution in [0.3, 0.4) is 0 Å². The summed E-state index contributed by atoms with van der Waals surface area (Å²) >= 11 is 1.91. The Labute approximate surface area is 90.9 Å². The number of nitrogens with one attached hydrogen (secondary N) is 1. The monoisotopic (exact) mass is 212 g/mol. The van der Waals surface area contributed by atoms with Crippen molar-refractivity contribution in [3.05, 3.63) is 0 Å². The highest BCUT2D eigenvalue weighted by Crippen LogP contribution is 2.35. The zero-order chi connectivity index (χ0) is 10.2. The summed E-state index contributed by atoms with van der Waals surface area (Å²) in [4.78, 5) is 4.80. The maximum atomic E-state index is 4.80. The molecule has 80 valence electrons. The molecule has 0 radical (unpaired) electrons. The largest absolute Gasteiger partial charge is 0.360 e. The summed E-state index contributed by atoms with van der Waals surface area (Å²) in [5.41, 5.74) is 0.150. The van der Waals surface area contributed by atoms with Gasteiger partial charge in [-0.05, 0) is 39.5 Å². The van der Waals surface area contributed by atoms with Gasteiger partial charge in [0.15, 0.2) is 5.17 Å². The minimum atomic E-state index is 0.150. The lowest BCUT2D eigenvalue weighted by Gasteiger charge is -2.28. The molecule has 0 bridgehead atoms. The second kappa shape index (κ2) is 3.76. The molecule has 3 heteroatoms. The van der Waals surface area contributed by atoms with Crippen molar-refractivity contribution in [2.45, 2.75) is 51.6 Å². The summed E-state index contributed by atoms with van der Waals surface area (Å²) in [5, 5.41) is 4.65. The SMILES string of the molecule is CC(C)(C)NC1=NC2CCCC2CS1. The average molecular weight is 212 g/mol. The van der Waals surface area contributed by atoms with Crippen LogP contribution in [-0.2, 0) is 0 Å². The van der Waals surface area contributed by atoms with Gasteiger partial charge < -0.3 is 5.32 Å². The quantitative estimate of drug-likeness (QED) is 0.667. The van der Waals surface area contributed by atoms with E-state index in [2.05, 4.69) is 26.1 Å². The molecule has 0 aromatic heterocycles. The van der Waals surface area contributed by atoms with Crippen LogP contribution in [0.15, 0.2) is 4.99 Å². The normalized spacial score (nSPS) is 32.4. The molecule has 2 unspecified atom stereocenters. The van der Waals surface area contributed by atoms with Gasteiger partial charge in [-0.2, -0.15) is 0 Å². The molecule has 0 aromatic rings. The standard InChI is InChI=1S/C11H20N2S/c1-11(2,3)13-10-12-9-6-4-5-8(9)7-14-10/h8-9H,4-7H2,1-3H3,(H,12,13). The smallest absolute Gasteiger partial charge is 0.157 e. The summed E-state index contributed by atoms with van der Waals surface area (Å²) < 4.78 is 0. The Morgan fingerprint density at radius 2 is 2.14 bits per heavy atom. The molecule has 0 amide bonds. The maximum absolute atomic E-state index is 4.80.